The van der Waals surface area contributed by atoms with Crippen LogP contribution >= 0.6 is 15.9 Å². The molecular formula is C14H15BrN2O. The zero-order valence-corrected chi connectivity index (χ0v) is 12.1. The first-order chi connectivity index (χ1) is 8.60. The van der Waals surface area contributed by atoms with Crippen molar-refractivity contribution in [2.24, 2.45) is 7.05 Å². The summed E-state index contributed by atoms with van der Waals surface area (Å²) in [5.74, 6) is 0.113. The molecule has 0 aliphatic carbocycles. The van der Waals surface area contributed by atoms with Crippen molar-refractivity contribution in [1.29, 1.82) is 0 Å². The third-order valence-corrected chi connectivity index (χ3v) is 3.37. The molecule has 4 heteroatoms. The quantitative estimate of drug-likeness (QED) is 0.813. The molecule has 0 amide bonds. The molecule has 1 heterocycles. The van der Waals surface area contributed by atoms with E-state index in [2.05, 4.69) is 28.0 Å². The van der Waals surface area contributed by atoms with Crippen LogP contribution in [0.5, 0.6) is 0 Å². The number of carbonyl (C=O) groups excluding carboxylic acids is 1. The maximum atomic E-state index is 12.2. The Bertz CT molecular complexity index is 575. The minimum absolute atomic E-state index is 0.113. The van der Waals surface area contributed by atoms with Crippen LogP contribution in [0.4, 0.5) is 0 Å². The predicted octanol–water partition coefficient (Wildman–Crippen LogP) is 3.17. The van der Waals surface area contributed by atoms with Gasteiger partial charge < -0.3 is 0 Å². The second-order valence-corrected chi connectivity index (χ2v) is 5.13. The second kappa shape index (κ2) is 5.48. The van der Waals surface area contributed by atoms with E-state index in [9.17, 15) is 4.79 Å². The molecule has 0 unspecified atom stereocenters. The molecule has 2 aromatic rings. The number of rotatable bonds is 4. The van der Waals surface area contributed by atoms with Crippen molar-refractivity contribution < 1.29 is 4.79 Å². The number of benzene rings is 1. The molecule has 2 rings (SSSR count). The first-order valence-corrected chi connectivity index (χ1v) is 6.70. The molecule has 94 valence electrons. The topological polar surface area (TPSA) is 34.9 Å². The summed E-state index contributed by atoms with van der Waals surface area (Å²) >= 11 is 3.38. The van der Waals surface area contributed by atoms with Gasteiger partial charge in [0, 0.05) is 22.8 Å². The van der Waals surface area contributed by atoms with Crippen LogP contribution in [0, 0.1) is 0 Å². The fourth-order valence-corrected chi connectivity index (χ4v) is 2.24. The van der Waals surface area contributed by atoms with Gasteiger partial charge in [0.15, 0.2) is 5.78 Å². The molecule has 0 aliphatic rings. The van der Waals surface area contributed by atoms with Gasteiger partial charge in [-0.05, 0) is 24.6 Å². The summed E-state index contributed by atoms with van der Waals surface area (Å²) in [5.41, 5.74) is 2.70. The van der Waals surface area contributed by atoms with Gasteiger partial charge in [-0.1, -0.05) is 35.0 Å². The molecule has 0 aliphatic heterocycles. The van der Waals surface area contributed by atoms with E-state index in [1.54, 1.807) is 4.68 Å². The zero-order chi connectivity index (χ0) is 13.1. The fourth-order valence-electron chi connectivity index (χ4n) is 1.84. The summed E-state index contributed by atoms with van der Waals surface area (Å²) in [4.78, 5) is 12.2. The first kappa shape index (κ1) is 13.0. The Balaban J connectivity index is 2.18. The Morgan fingerprint density at radius 1 is 1.39 bits per heavy atom. The van der Waals surface area contributed by atoms with E-state index in [0.29, 0.717) is 6.42 Å². The van der Waals surface area contributed by atoms with Crippen molar-refractivity contribution in [1.82, 2.24) is 9.78 Å². The molecule has 0 N–H and O–H groups in total. The van der Waals surface area contributed by atoms with E-state index in [1.807, 2.05) is 37.4 Å². The molecule has 0 fully saturated rings. The number of nitrogens with zero attached hydrogens (tertiary/aromatic N) is 2. The standard InChI is InChI=1S/C14H15BrN2O/c1-3-12-8-13(17(2)16-12)9-14(18)10-5-4-6-11(15)7-10/h4-8H,3,9H2,1-2H3. The summed E-state index contributed by atoms with van der Waals surface area (Å²) in [7, 11) is 1.88. The first-order valence-electron chi connectivity index (χ1n) is 5.90. The van der Waals surface area contributed by atoms with Gasteiger partial charge in [-0.2, -0.15) is 5.10 Å². The number of carbonyl (C=O) groups is 1. The smallest absolute Gasteiger partial charge is 0.168 e. The number of aromatic nitrogens is 2. The van der Waals surface area contributed by atoms with Crippen LogP contribution in [0.3, 0.4) is 0 Å². The third-order valence-electron chi connectivity index (χ3n) is 2.88. The van der Waals surface area contributed by atoms with E-state index >= 15 is 0 Å². The second-order valence-electron chi connectivity index (χ2n) is 4.21. The lowest BCUT2D eigenvalue weighted by Gasteiger charge is -2.02. The SMILES string of the molecule is CCc1cc(CC(=O)c2cccc(Br)c2)n(C)n1. The van der Waals surface area contributed by atoms with Crippen molar-refractivity contribution >= 4 is 21.7 Å². The van der Waals surface area contributed by atoms with Crippen LogP contribution in [0.15, 0.2) is 34.8 Å². The molecule has 0 spiro atoms. The average Bonchev–Trinajstić information content (AvgIpc) is 2.70. The average molecular weight is 307 g/mol. The molecule has 0 radical (unpaired) electrons. The largest absolute Gasteiger partial charge is 0.294 e. The normalized spacial score (nSPS) is 10.6. The zero-order valence-electron chi connectivity index (χ0n) is 10.5. The van der Waals surface area contributed by atoms with Gasteiger partial charge >= 0.3 is 0 Å². The molecule has 18 heavy (non-hydrogen) atoms. The highest BCUT2D eigenvalue weighted by Gasteiger charge is 2.11. The van der Waals surface area contributed by atoms with Gasteiger partial charge in [0.2, 0.25) is 0 Å². The molecule has 0 saturated carbocycles. The van der Waals surface area contributed by atoms with Crippen LogP contribution in [-0.4, -0.2) is 15.6 Å². The fraction of sp³-hybridized carbons (Fsp3) is 0.286. The molecule has 1 aromatic carbocycles. The highest BCUT2D eigenvalue weighted by molar-refractivity contribution is 9.10. The van der Waals surface area contributed by atoms with E-state index in [0.717, 1.165) is 27.8 Å². The van der Waals surface area contributed by atoms with Crippen molar-refractivity contribution in [3.63, 3.8) is 0 Å². The van der Waals surface area contributed by atoms with Gasteiger partial charge in [0.25, 0.3) is 0 Å². The van der Waals surface area contributed by atoms with Crippen molar-refractivity contribution in [3.05, 3.63) is 51.8 Å². The van der Waals surface area contributed by atoms with Crippen LogP contribution in [0.2, 0.25) is 0 Å². The summed E-state index contributed by atoms with van der Waals surface area (Å²) in [6, 6.07) is 9.47. The van der Waals surface area contributed by atoms with E-state index in [1.165, 1.54) is 0 Å². The maximum Gasteiger partial charge on any atom is 0.168 e. The number of Topliss-reactive ketones (excluding diaryl/α,β-unsaturated/α-hetero) is 1. The minimum Gasteiger partial charge on any atom is -0.294 e. The lowest BCUT2D eigenvalue weighted by atomic mass is 10.1. The molecule has 3 nitrogen and oxygen atoms in total. The number of aryl methyl sites for hydroxylation is 2. The number of hydrogen-bond donors (Lipinski definition) is 0. The Labute approximate surface area is 115 Å². The Hall–Kier alpha value is -1.42. The third kappa shape index (κ3) is 2.88. The monoisotopic (exact) mass is 306 g/mol. The lowest BCUT2D eigenvalue weighted by molar-refractivity contribution is 0.0990. The number of hydrogen-bond acceptors (Lipinski definition) is 2. The highest BCUT2D eigenvalue weighted by Crippen LogP contribution is 2.14. The van der Waals surface area contributed by atoms with E-state index in [4.69, 9.17) is 0 Å². The van der Waals surface area contributed by atoms with Crippen LogP contribution in [0.25, 0.3) is 0 Å². The van der Waals surface area contributed by atoms with Crippen molar-refractivity contribution in [2.75, 3.05) is 0 Å². The number of halogens is 1. The van der Waals surface area contributed by atoms with Gasteiger partial charge in [0.05, 0.1) is 12.1 Å². The lowest BCUT2D eigenvalue weighted by Crippen LogP contribution is -2.07. The summed E-state index contributed by atoms with van der Waals surface area (Å²) < 4.78 is 2.71. The van der Waals surface area contributed by atoms with Crippen LogP contribution in [0.1, 0.15) is 28.7 Å². The van der Waals surface area contributed by atoms with Gasteiger partial charge in [-0.25, -0.2) is 0 Å². The van der Waals surface area contributed by atoms with E-state index in [-0.39, 0.29) is 5.78 Å². The van der Waals surface area contributed by atoms with E-state index < -0.39 is 0 Å². The van der Waals surface area contributed by atoms with Crippen molar-refractivity contribution in [3.8, 4) is 0 Å². The Morgan fingerprint density at radius 2 is 2.17 bits per heavy atom. The molecular weight excluding hydrogens is 292 g/mol. The summed E-state index contributed by atoms with van der Waals surface area (Å²) in [6.45, 7) is 2.06. The Kier molecular flexibility index (Phi) is 3.97. The molecule has 0 atom stereocenters. The number of ketones is 1. The predicted molar refractivity (Wildman–Crippen MR) is 74.8 cm³/mol. The Morgan fingerprint density at radius 3 is 2.78 bits per heavy atom. The summed E-state index contributed by atoms with van der Waals surface area (Å²) in [5, 5.41) is 4.35. The van der Waals surface area contributed by atoms with Gasteiger partial charge in [0.1, 0.15) is 0 Å². The van der Waals surface area contributed by atoms with Crippen molar-refractivity contribution in [2.45, 2.75) is 19.8 Å². The summed E-state index contributed by atoms with van der Waals surface area (Å²) in [6.07, 6.45) is 1.28. The van der Waals surface area contributed by atoms with Crippen LogP contribution < -0.4 is 0 Å². The maximum absolute atomic E-state index is 12.2. The minimum atomic E-state index is 0.113. The molecule has 1 aromatic heterocycles. The van der Waals surface area contributed by atoms with Gasteiger partial charge in [-0.15, -0.1) is 0 Å². The molecule has 0 saturated heterocycles. The molecule has 0 bridgehead atoms. The van der Waals surface area contributed by atoms with Crippen LogP contribution in [-0.2, 0) is 19.9 Å². The highest BCUT2D eigenvalue weighted by atomic mass is 79.9. The van der Waals surface area contributed by atoms with Gasteiger partial charge in [-0.3, -0.25) is 9.48 Å².